The third-order valence-electron chi connectivity index (χ3n) is 1.14. The van der Waals surface area contributed by atoms with Crippen molar-refractivity contribution >= 4 is 23.2 Å². The highest BCUT2D eigenvalue weighted by molar-refractivity contribution is 7.15. The van der Waals surface area contributed by atoms with E-state index in [-0.39, 0.29) is 4.88 Å². The van der Waals surface area contributed by atoms with E-state index in [0.717, 1.165) is 6.20 Å². The van der Waals surface area contributed by atoms with Crippen molar-refractivity contribution in [3.05, 3.63) is 11.1 Å². The van der Waals surface area contributed by atoms with E-state index in [1.807, 2.05) is 0 Å². The normalized spacial score (nSPS) is 11.1. The summed E-state index contributed by atoms with van der Waals surface area (Å²) in [5, 5.41) is -0.578. The molecule has 0 radical (unpaired) electrons. The first-order valence-corrected chi connectivity index (χ1v) is 4.17. The highest BCUT2D eigenvalue weighted by Crippen LogP contribution is 2.24. The molecule has 1 heterocycles. The van der Waals surface area contributed by atoms with Crippen molar-refractivity contribution in [2.24, 2.45) is 5.73 Å². The number of primary amides is 1. The molecule has 0 atom stereocenters. The molecule has 0 unspecified atom stereocenters. The number of amides is 1. The number of hydrogen-bond donors (Lipinski definition) is 1. The molecule has 0 fully saturated rings. The van der Waals surface area contributed by atoms with Crippen LogP contribution in [0.1, 0.15) is 9.67 Å². The summed E-state index contributed by atoms with van der Waals surface area (Å²) in [5.74, 6) is -3.25. The number of hydrogen-bond acceptors (Lipinski definition) is 5. The van der Waals surface area contributed by atoms with E-state index in [0.29, 0.717) is 11.3 Å². The molecule has 1 aromatic heterocycles. The number of alkyl halides is 3. The van der Waals surface area contributed by atoms with Crippen LogP contribution in [0.5, 0.6) is 5.19 Å². The fourth-order valence-corrected chi connectivity index (χ4v) is 1.17. The second kappa shape index (κ2) is 3.85. The largest absolute Gasteiger partial charge is 0.491 e. The van der Waals surface area contributed by atoms with Crippen LogP contribution in [0.25, 0.3) is 0 Å². The molecule has 0 bridgehead atoms. The molecular weight excluding hydrogens is 237 g/mol. The van der Waals surface area contributed by atoms with Gasteiger partial charge in [0.15, 0.2) is 0 Å². The second-order valence-electron chi connectivity index (χ2n) is 2.24. The first-order chi connectivity index (χ1) is 6.80. The number of halogens is 3. The van der Waals surface area contributed by atoms with Crippen molar-refractivity contribution in [3.8, 4) is 5.19 Å². The average Bonchev–Trinajstić information content (AvgIpc) is 2.50. The number of nitrogens with two attached hydrogens (primary N) is 1. The maximum atomic E-state index is 11.7. The third kappa shape index (κ3) is 2.91. The lowest BCUT2D eigenvalue weighted by Gasteiger charge is -2.02. The number of rotatable bonds is 2. The minimum absolute atomic E-state index is 0.0972. The Morgan fingerprint density at radius 1 is 1.47 bits per heavy atom. The second-order valence-corrected chi connectivity index (χ2v) is 3.24. The Hall–Kier alpha value is -1.64. The van der Waals surface area contributed by atoms with Gasteiger partial charge in [-0.05, 0) is 0 Å². The smallest absolute Gasteiger partial charge is 0.391 e. The van der Waals surface area contributed by atoms with Crippen molar-refractivity contribution in [3.63, 3.8) is 0 Å². The van der Waals surface area contributed by atoms with E-state index < -0.39 is 23.2 Å². The Kier molecular flexibility index (Phi) is 2.93. The Morgan fingerprint density at radius 2 is 2.07 bits per heavy atom. The number of nitrogens with zero attached hydrogens (tertiary/aromatic N) is 1. The average molecular weight is 240 g/mol. The van der Waals surface area contributed by atoms with E-state index in [9.17, 15) is 22.8 Å². The molecule has 0 saturated carbocycles. The molecule has 0 aromatic carbocycles. The predicted molar refractivity (Wildman–Crippen MR) is 42.3 cm³/mol. The van der Waals surface area contributed by atoms with Crippen LogP contribution in [0.4, 0.5) is 13.2 Å². The van der Waals surface area contributed by atoms with Gasteiger partial charge in [-0.2, -0.15) is 13.2 Å². The van der Waals surface area contributed by atoms with Crippen molar-refractivity contribution < 1.29 is 27.5 Å². The summed E-state index contributed by atoms with van der Waals surface area (Å²) in [6.07, 6.45) is -4.18. The molecule has 0 aliphatic heterocycles. The SMILES string of the molecule is NC(=O)c1cnc(OC(=O)C(F)(F)F)s1. The van der Waals surface area contributed by atoms with Gasteiger partial charge in [-0.25, -0.2) is 9.78 Å². The fourth-order valence-electron chi connectivity index (χ4n) is 0.556. The predicted octanol–water partition coefficient (Wildman–Crippen LogP) is 0.710. The summed E-state index contributed by atoms with van der Waals surface area (Å²) in [4.78, 5) is 24.0. The number of aromatic nitrogens is 1. The molecule has 0 aliphatic carbocycles. The Labute approximate surface area is 84.7 Å². The number of ether oxygens (including phenoxy) is 1. The fraction of sp³-hybridized carbons (Fsp3) is 0.167. The van der Waals surface area contributed by atoms with Gasteiger partial charge in [0.2, 0.25) is 0 Å². The summed E-state index contributed by atoms with van der Waals surface area (Å²) >= 11 is 0.457. The van der Waals surface area contributed by atoms with Gasteiger partial charge in [-0.1, -0.05) is 11.3 Å². The zero-order valence-corrected chi connectivity index (χ0v) is 7.69. The zero-order chi connectivity index (χ0) is 11.6. The van der Waals surface area contributed by atoms with Gasteiger partial charge in [0.25, 0.3) is 11.1 Å². The van der Waals surface area contributed by atoms with Crippen molar-refractivity contribution in [1.82, 2.24) is 4.98 Å². The minimum Gasteiger partial charge on any atom is -0.391 e. The summed E-state index contributed by atoms with van der Waals surface area (Å²) in [7, 11) is 0. The van der Waals surface area contributed by atoms with Crippen LogP contribution in [0, 0.1) is 0 Å². The first kappa shape index (κ1) is 11.4. The molecule has 82 valence electrons. The van der Waals surface area contributed by atoms with Crippen LogP contribution < -0.4 is 10.5 Å². The van der Waals surface area contributed by atoms with E-state index >= 15 is 0 Å². The maximum Gasteiger partial charge on any atom is 0.491 e. The van der Waals surface area contributed by atoms with Crippen molar-refractivity contribution in [1.29, 1.82) is 0 Å². The molecule has 0 spiro atoms. The summed E-state index contributed by atoms with van der Waals surface area (Å²) < 4.78 is 39.0. The lowest BCUT2D eigenvalue weighted by Crippen LogP contribution is -2.27. The number of carbonyl (C=O) groups is 2. The zero-order valence-electron chi connectivity index (χ0n) is 6.87. The molecule has 1 amide bonds. The van der Waals surface area contributed by atoms with Gasteiger partial charge in [0.05, 0.1) is 6.20 Å². The lowest BCUT2D eigenvalue weighted by molar-refractivity contribution is -0.189. The van der Waals surface area contributed by atoms with Gasteiger partial charge < -0.3 is 10.5 Å². The van der Waals surface area contributed by atoms with Crippen LogP contribution in [-0.4, -0.2) is 23.0 Å². The first-order valence-electron chi connectivity index (χ1n) is 3.35. The molecule has 9 heteroatoms. The molecule has 15 heavy (non-hydrogen) atoms. The highest BCUT2D eigenvalue weighted by Gasteiger charge is 2.42. The number of esters is 1. The Balaban J connectivity index is 2.74. The van der Waals surface area contributed by atoms with Crippen molar-refractivity contribution in [2.75, 3.05) is 0 Å². The number of carbonyl (C=O) groups excluding carboxylic acids is 2. The standard InChI is InChI=1S/C6H3F3N2O3S/c7-6(8,9)4(13)14-5-11-1-2(15-5)3(10)12/h1H,(H2,10,12). The topological polar surface area (TPSA) is 82.3 Å². The van der Waals surface area contributed by atoms with Crippen LogP contribution >= 0.6 is 11.3 Å². The van der Waals surface area contributed by atoms with Crippen LogP contribution in [-0.2, 0) is 4.79 Å². The monoisotopic (exact) mass is 240 g/mol. The Bertz CT molecular complexity index is 401. The van der Waals surface area contributed by atoms with Gasteiger partial charge in [-0.3, -0.25) is 4.79 Å². The van der Waals surface area contributed by atoms with Crippen LogP contribution in [0.3, 0.4) is 0 Å². The third-order valence-corrected chi connectivity index (χ3v) is 2.03. The number of thiazole rings is 1. The summed E-state index contributed by atoms with van der Waals surface area (Å²) in [5.41, 5.74) is 4.81. The van der Waals surface area contributed by atoms with E-state index in [1.165, 1.54) is 0 Å². The van der Waals surface area contributed by atoms with E-state index in [4.69, 9.17) is 5.73 Å². The van der Waals surface area contributed by atoms with Crippen LogP contribution in [0.2, 0.25) is 0 Å². The molecule has 1 rings (SSSR count). The van der Waals surface area contributed by atoms with Gasteiger partial charge >= 0.3 is 12.1 Å². The van der Waals surface area contributed by atoms with Crippen molar-refractivity contribution in [2.45, 2.75) is 6.18 Å². The lowest BCUT2D eigenvalue weighted by atomic mass is 10.5. The quantitative estimate of drug-likeness (QED) is 0.772. The molecule has 0 aliphatic rings. The molecule has 2 N–H and O–H groups in total. The van der Waals surface area contributed by atoms with Gasteiger partial charge in [-0.15, -0.1) is 0 Å². The molecular formula is C6H3F3N2O3S. The summed E-state index contributed by atoms with van der Waals surface area (Å²) in [6, 6.07) is 0. The van der Waals surface area contributed by atoms with Gasteiger partial charge in [0, 0.05) is 0 Å². The van der Waals surface area contributed by atoms with Gasteiger partial charge in [0.1, 0.15) is 4.88 Å². The molecule has 0 saturated heterocycles. The molecule has 5 nitrogen and oxygen atoms in total. The highest BCUT2D eigenvalue weighted by atomic mass is 32.1. The minimum atomic E-state index is -5.10. The summed E-state index contributed by atoms with van der Waals surface area (Å²) in [6.45, 7) is 0. The maximum absolute atomic E-state index is 11.7. The van der Waals surface area contributed by atoms with E-state index in [2.05, 4.69) is 9.72 Å². The van der Waals surface area contributed by atoms with E-state index in [1.54, 1.807) is 0 Å². The van der Waals surface area contributed by atoms with Crippen LogP contribution in [0.15, 0.2) is 6.20 Å². The Morgan fingerprint density at radius 3 is 2.47 bits per heavy atom. The molecule has 1 aromatic rings.